The zero-order chi connectivity index (χ0) is 26.6. The number of rotatable bonds is 9. The summed E-state index contributed by atoms with van der Waals surface area (Å²) in [5.41, 5.74) is 2.06. The van der Waals surface area contributed by atoms with Crippen LogP contribution in [0.4, 0.5) is 0 Å². The first-order valence-electron chi connectivity index (χ1n) is 12.7. The van der Waals surface area contributed by atoms with Crippen LogP contribution in [-0.4, -0.2) is 55.3 Å². The first-order chi connectivity index (χ1) is 17.9. The quantitative estimate of drug-likeness (QED) is 0.321. The highest BCUT2D eigenvalue weighted by molar-refractivity contribution is 5.88. The van der Waals surface area contributed by atoms with Crippen LogP contribution >= 0.6 is 0 Å². The normalized spacial score (nSPS) is 11.6. The van der Waals surface area contributed by atoms with E-state index in [1.54, 1.807) is 19.0 Å². The Morgan fingerprint density at radius 3 is 1.92 bits per heavy atom. The van der Waals surface area contributed by atoms with Gasteiger partial charge in [-0.2, -0.15) is 0 Å². The fourth-order valence-corrected chi connectivity index (χ4v) is 3.96. The summed E-state index contributed by atoms with van der Waals surface area (Å²) in [7, 11) is 3.59. The van der Waals surface area contributed by atoms with E-state index in [9.17, 15) is 9.90 Å². The van der Waals surface area contributed by atoms with E-state index in [1.807, 2.05) is 91.0 Å². The lowest BCUT2D eigenvalue weighted by Gasteiger charge is -2.21. The van der Waals surface area contributed by atoms with E-state index in [0.29, 0.717) is 19.2 Å². The topological polar surface area (TPSA) is 61.8 Å². The molecule has 0 fully saturated rings. The van der Waals surface area contributed by atoms with Crippen molar-refractivity contribution < 1.29 is 14.6 Å². The van der Waals surface area contributed by atoms with Crippen molar-refractivity contribution in [3.05, 3.63) is 114 Å². The predicted octanol–water partition coefficient (Wildman–Crippen LogP) is 5.48. The number of hydrogen-bond acceptors (Lipinski definition) is 4. The molecule has 4 aromatic carbocycles. The van der Waals surface area contributed by atoms with Crippen molar-refractivity contribution in [3.8, 4) is 5.75 Å². The number of nitrogens with zero attached hydrogens (tertiary/aromatic N) is 1. The van der Waals surface area contributed by atoms with E-state index in [2.05, 4.69) is 31.3 Å². The second-order valence-corrected chi connectivity index (χ2v) is 9.49. The highest BCUT2D eigenvalue weighted by Crippen LogP contribution is 2.26. The van der Waals surface area contributed by atoms with Gasteiger partial charge < -0.3 is 20.1 Å². The molecule has 5 heteroatoms. The first kappa shape index (κ1) is 27.9. The highest BCUT2D eigenvalue weighted by atomic mass is 16.5. The Kier molecular flexibility index (Phi) is 10.7. The summed E-state index contributed by atoms with van der Waals surface area (Å²) in [5.74, 6) is 0.705. The van der Waals surface area contributed by atoms with Gasteiger partial charge in [0, 0.05) is 32.1 Å². The lowest BCUT2D eigenvalue weighted by Crippen LogP contribution is -2.35. The molecular weight excluding hydrogens is 460 g/mol. The van der Waals surface area contributed by atoms with Gasteiger partial charge >= 0.3 is 0 Å². The third-order valence-electron chi connectivity index (χ3n) is 5.90. The summed E-state index contributed by atoms with van der Waals surface area (Å²) in [5, 5.41) is 15.3. The number of carbonyl (C=O) groups is 1. The molecule has 194 valence electrons. The number of fused-ring (bicyclic) bond motifs is 1. The second kappa shape index (κ2) is 14.2. The van der Waals surface area contributed by atoms with Crippen molar-refractivity contribution in [1.29, 1.82) is 0 Å². The van der Waals surface area contributed by atoms with Gasteiger partial charge in [0.1, 0.15) is 18.5 Å². The molecule has 5 nitrogen and oxygen atoms in total. The molecule has 0 aromatic heterocycles. The minimum atomic E-state index is -0.499. The Morgan fingerprint density at radius 1 is 0.811 bits per heavy atom. The number of carbonyl (C=O) groups excluding carboxylic acids is 1. The Morgan fingerprint density at radius 2 is 1.35 bits per heavy atom. The zero-order valence-corrected chi connectivity index (χ0v) is 22.2. The highest BCUT2D eigenvalue weighted by Gasteiger charge is 2.23. The third kappa shape index (κ3) is 8.45. The number of likely N-dealkylation sites (N-methyl/N-ethyl adjacent to an activating group) is 1. The van der Waals surface area contributed by atoms with Gasteiger partial charge in [0.25, 0.3) is 0 Å². The SMILES string of the molecule is CC(C)NCC(O)COc1cccc2ccccc12.CN(C)C(=O)C(c1ccccc1)c1ccccc1. The summed E-state index contributed by atoms with van der Waals surface area (Å²) < 4.78 is 5.72. The lowest BCUT2D eigenvalue weighted by molar-refractivity contribution is -0.129. The molecule has 0 spiro atoms. The summed E-state index contributed by atoms with van der Waals surface area (Å²) >= 11 is 0. The standard InChI is InChI=1S/C16H21NO2.C16H17NO/c1-12(2)17-10-14(18)11-19-16-9-5-7-13-6-3-4-8-15(13)16;1-17(2)16(18)15(13-9-5-3-6-10-13)14-11-7-4-8-12-14/h3-9,12,14,17-18H,10-11H2,1-2H3;3-12,15H,1-2H3. The van der Waals surface area contributed by atoms with Gasteiger partial charge in [0.05, 0.1) is 5.92 Å². The molecule has 2 N–H and O–H groups in total. The largest absolute Gasteiger partial charge is 0.490 e. The average Bonchev–Trinajstić information content (AvgIpc) is 2.92. The second-order valence-electron chi connectivity index (χ2n) is 9.49. The van der Waals surface area contributed by atoms with Crippen LogP contribution in [0.15, 0.2) is 103 Å². The fraction of sp³-hybridized carbons (Fsp3) is 0.281. The maximum atomic E-state index is 12.4. The van der Waals surface area contributed by atoms with E-state index >= 15 is 0 Å². The Balaban J connectivity index is 0.000000206. The van der Waals surface area contributed by atoms with E-state index in [4.69, 9.17) is 4.74 Å². The molecule has 0 saturated carbocycles. The maximum Gasteiger partial charge on any atom is 0.234 e. The Bertz CT molecular complexity index is 1180. The summed E-state index contributed by atoms with van der Waals surface area (Å²) in [6, 6.07) is 34.2. The minimum absolute atomic E-state index is 0.104. The minimum Gasteiger partial charge on any atom is -0.490 e. The number of aliphatic hydroxyl groups excluding tert-OH is 1. The van der Waals surface area contributed by atoms with Crippen LogP contribution < -0.4 is 10.1 Å². The van der Waals surface area contributed by atoms with Crippen LogP contribution in [0.2, 0.25) is 0 Å². The van der Waals surface area contributed by atoms with Crippen molar-refractivity contribution >= 4 is 16.7 Å². The average molecular weight is 499 g/mol. The van der Waals surface area contributed by atoms with Crippen LogP contribution in [-0.2, 0) is 4.79 Å². The molecule has 0 bridgehead atoms. The van der Waals surface area contributed by atoms with Crippen molar-refractivity contribution in [2.75, 3.05) is 27.2 Å². The van der Waals surface area contributed by atoms with Crippen molar-refractivity contribution in [3.63, 3.8) is 0 Å². The molecule has 0 aliphatic heterocycles. The number of benzene rings is 4. The molecule has 1 atom stereocenters. The molecule has 0 saturated heterocycles. The van der Waals surface area contributed by atoms with Crippen LogP contribution in [0.5, 0.6) is 5.75 Å². The lowest BCUT2D eigenvalue weighted by atomic mass is 9.90. The fourth-order valence-electron chi connectivity index (χ4n) is 3.96. The number of hydrogen-bond donors (Lipinski definition) is 2. The number of nitrogens with one attached hydrogen (secondary N) is 1. The van der Waals surface area contributed by atoms with Gasteiger partial charge in [-0.15, -0.1) is 0 Å². The predicted molar refractivity (Wildman–Crippen MR) is 152 cm³/mol. The van der Waals surface area contributed by atoms with E-state index in [1.165, 1.54) is 0 Å². The van der Waals surface area contributed by atoms with Crippen LogP contribution in [0.1, 0.15) is 30.9 Å². The molecule has 4 aromatic rings. The molecule has 0 aliphatic rings. The van der Waals surface area contributed by atoms with Crippen molar-refractivity contribution in [2.24, 2.45) is 0 Å². The van der Waals surface area contributed by atoms with Gasteiger partial charge in [0.2, 0.25) is 5.91 Å². The molecule has 4 rings (SSSR count). The van der Waals surface area contributed by atoms with Crippen molar-refractivity contribution in [1.82, 2.24) is 10.2 Å². The molecule has 37 heavy (non-hydrogen) atoms. The maximum absolute atomic E-state index is 12.4. The van der Waals surface area contributed by atoms with Gasteiger partial charge in [-0.05, 0) is 22.6 Å². The Hall–Kier alpha value is -3.67. The van der Waals surface area contributed by atoms with Crippen LogP contribution in [0.25, 0.3) is 10.8 Å². The van der Waals surface area contributed by atoms with E-state index < -0.39 is 6.10 Å². The van der Waals surface area contributed by atoms with Gasteiger partial charge in [-0.1, -0.05) is 111 Å². The summed E-state index contributed by atoms with van der Waals surface area (Å²) in [6.45, 7) is 4.95. The number of amides is 1. The summed E-state index contributed by atoms with van der Waals surface area (Å²) in [4.78, 5) is 14.0. The van der Waals surface area contributed by atoms with Crippen LogP contribution in [0, 0.1) is 0 Å². The van der Waals surface area contributed by atoms with E-state index in [-0.39, 0.29) is 11.8 Å². The summed E-state index contributed by atoms with van der Waals surface area (Å²) in [6.07, 6.45) is -0.499. The monoisotopic (exact) mass is 498 g/mol. The molecular formula is C32H38N2O3. The third-order valence-corrected chi connectivity index (χ3v) is 5.90. The smallest absolute Gasteiger partial charge is 0.234 e. The molecule has 0 heterocycles. The molecule has 1 unspecified atom stereocenters. The zero-order valence-electron chi connectivity index (χ0n) is 22.2. The van der Waals surface area contributed by atoms with E-state index in [0.717, 1.165) is 27.6 Å². The van der Waals surface area contributed by atoms with Gasteiger partial charge in [0.15, 0.2) is 0 Å². The Labute approximate surface area is 220 Å². The molecule has 1 amide bonds. The molecule has 0 aliphatic carbocycles. The first-order valence-corrected chi connectivity index (χ1v) is 12.7. The number of ether oxygens (including phenoxy) is 1. The molecule has 0 radical (unpaired) electrons. The van der Waals surface area contributed by atoms with Crippen molar-refractivity contribution in [2.45, 2.75) is 31.9 Å². The number of aliphatic hydroxyl groups is 1. The van der Waals surface area contributed by atoms with Gasteiger partial charge in [-0.25, -0.2) is 0 Å². The van der Waals surface area contributed by atoms with Gasteiger partial charge in [-0.3, -0.25) is 4.79 Å². The van der Waals surface area contributed by atoms with Crippen LogP contribution in [0.3, 0.4) is 0 Å².